The Morgan fingerprint density at radius 3 is 2.31 bits per heavy atom. The molecule has 1 amide bonds. The van der Waals surface area contributed by atoms with E-state index in [1.54, 1.807) is 35.8 Å². The van der Waals surface area contributed by atoms with E-state index >= 15 is 0 Å². The van der Waals surface area contributed by atoms with Crippen molar-refractivity contribution in [3.8, 4) is 11.1 Å². The standard InChI is InChI=1S/C27H29N3O4S/c31-27(29-32)10-6-1-2-7-19-30(35(33,34)25-8-4-3-5-9-25)24-15-13-21(14-16-24)23-12-11-22-17-18-28-26(22)20-23/h3-5,8-9,11-18,20,28,32H,1-2,6-7,10,19H2,(H,29,31). The third kappa shape index (κ3) is 5.90. The summed E-state index contributed by atoms with van der Waals surface area (Å²) in [7, 11) is -3.73. The average molecular weight is 492 g/mol. The maximum atomic E-state index is 13.5. The first-order chi connectivity index (χ1) is 17.0. The van der Waals surface area contributed by atoms with Crippen molar-refractivity contribution in [1.82, 2.24) is 10.5 Å². The lowest BCUT2D eigenvalue weighted by molar-refractivity contribution is -0.129. The molecule has 0 aliphatic heterocycles. The molecule has 8 heteroatoms. The minimum atomic E-state index is -3.73. The van der Waals surface area contributed by atoms with Gasteiger partial charge in [-0.2, -0.15) is 0 Å². The van der Waals surface area contributed by atoms with Crippen LogP contribution in [0.25, 0.3) is 22.0 Å². The molecule has 0 unspecified atom stereocenters. The fourth-order valence-corrected chi connectivity index (χ4v) is 5.63. The smallest absolute Gasteiger partial charge is 0.264 e. The Morgan fingerprint density at radius 1 is 0.857 bits per heavy atom. The summed E-state index contributed by atoms with van der Waals surface area (Å²) in [6.07, 6.45) is 4.99. The Morgan fingerprint density at radius 2 is 1.57 bits per heavy atom. The molecule has 0 spiro atoms. The number of carbonyl (C=O) groups is 1. The van der Waals surface area contributed by atoms with Crippen LogP contribution < -0.4 is 9.79 Å². The molecule has 35 heavy (non-hydrogen) atoms. The molecule has 1 aromatic heterocycles. The number of hydroxylamine groups is 1. The van der Waals surface area contributed by atoms with Gasteiger partial charge in [-0.05, 0) is 65.8 Å². The van der Waals surface area contributed by atoms with Gasteiger partial charge in [-0.25, -0.2) is 13.9 Å². The van der Waals surface area contributed by atoms with Gasteiger partial charge in [0, 0.05) is 24.7 Å². The molecule has 3 N–H and O–H groups in total. The fraction of sp³-hybridized carbons (Fsp3) is 0.222. The van der Waals surface area contributed by atoms with Crippen LogP contribution in [0, 0.1) is 0 Å². The van der Waals surface area contributed by atoms with Crippen LogP contribution in [-0.4, -0.2) is 31.1 Å². The van der Waals surface area contributed by atoms with Crippen molar-refractivity contribution in [3.63, 3.8) is 0 Å². The van der Waals surface area contributed by atoms with Crippen LogP contribution in [-0.2, 0) is 14.8 Å². The molecule has 1 heterocycles. The third-order valence-electron chi connectivity index (χ3n) is 6.01. The summed E-state index contributed by atoms with van der Waals surface area (Å²) in [6.45, 7) is 0.331. The molecule has 0 radical (unpaired) electrons. The summed E-state index contributed by atoms with van der Waals surface area (Å²) in [5, 5.41) is 9.73. The lowest BCUT2D eigenvalue weighted by atomic mass is 10.0. The van der Waals surface area contributed by atoms with Gasteiger partial charge in [0.25, 0.3) is 10.0 Å². The highest BCUT2D eigenvalue weighted by molar-refractivity contribution is 7.92. The van der Waals surface area contributed by atoms with Crippen molar-refractivity contribution in [2.45, 2.75) is 37.0 Å². The molecule has 4 rings (SSSR count). The maximum Gasteiger partial charge on any atom is 0.264 e. The number of aromatic nitrogens is 1. The first-order valence-electron chi connectivity index (χ1n) is 11.7. The summed E-state index contributed by atoms with van der Waals surface area (Å²) >= 11 is 0. The van der Waals surface area contributed by atoms with E-state index in [2.05, 4.69) is 23.2 Å². The van der Waals surface area contributed by atoms with Gasteiger partial charge in [0.15, 0.2) is 0 Å². The number of nitrogens with zero attached hydrogens (tertiary/aromatic N) is 1. The number of rotatable bonds is 11. The van der Waals surface area contributed by atoms with Crippen LogP contribution in [0.3, 0.4) is 0 Å². The molecule has 0 aliphatic rings. The second kappa shape index (κ2) is 11.2. The monoisotopic (exact) mass is 491 g/mol. The van der Waals surface area contributed by atoms with Crippen LogP contribution in [0.15, 0.2) is 90.0 Å². The van der Waals surface area contributed by atoms with E-state index in [0.29, 0.717) is 25.1 Å². The Hall–Kier alpha value is -3.62. The van der Waals surface area contributed by atoms with E-state index < -0.39 is 15.9 Å². The largest absolute Gasteiger partial charge is 0.361 e. The third-order valence-corrected chi connectivity index (χ3v) is 7.86. The Balaban J connectivity index is 1.52. The molecule has 4 aromatic rings. The summed E-state index contributed by atoms with van der Waals surface area (Å²) in [6, 6.07) is 24.3. The molecule has 0 saturated heterocycles. The lowest BCUT2D eigenvalue weighted by Gasteiger charge is -2.25. The van der Waals surface area contributed by atoms with Crippen LogP contribution in [0.2, 0.25) is 0 Å². The van der Waals surface area contributed by atoms with Gasteiger partial charge in [-0.3, -0.25) is 14.3 Å². The number of nitrogens with one attached hydrogen (secondary N) is 2. The zero-order valence-corrected chi connectivity index (χ0v) is 20.2. The molecule has 0 bridgehead atoms. The van der Waals surface area contributed by atoms with Gasteiger partial charge < -0.3 is 4.98 Å². The summed E-state index contributed by atoms with van der Waals surface area (Å²) in [4.78, 5) is 14.6. The van der Waals surface area contributed by atoms with Gasteiger partial charge in [-0.15, -0.1) is 0 Å². The number of sulfonamides is 1. The summed E-state index contributed by atoms with van der Waals surface area (Å²) < 4.78 is 28.4. The van der Waals surface area contributed by atoms with Gasteiger partial charge in [0.1, 0.15) is 0 Å². The molecule has 182 valence electrons. The SMILES string of the molecule is O=C(CCCCCCN(c1ccc(-c2ccc3cc[nH]c3c2)cc1)S(=O)(=O)c1ccccc1)NO. The first-order valence-corrected chi connectivity index (χ1v) is 13.1. The van der Waals surface area contributed by atoms with E-state index in [1.807, 2.05) is 36.5 Å². The number of H-pyrrole nitrogens is 1. The van der Waals surface area contributed by atoms with Crippen molar-refractivity contribution in [3.05, 3.63) is 85.1 Å². The number of carbonyl (C=O) groups excluding carboxylic acids is 1. The van der Waals surface area contributed by atoms with Gasteiger partial charge in [-0.1, -0.05) is 55.3 Å². The second-order valence-electron chi connectivity index (χ2n) is 8.42. The van der Waals surface area contributed by atoms with Gasteiger partial charge in [0.05, 0.1) is 10.6 Å². The number of unbranched alkanes of at least 4 members (excludes halogenated alkanes) is 3. The summed E-state index contributed by atoms with van der Waals surface area (Å²) in [5.74, 6) is -0.409. The molecular formula is C27H29N3O4S. The molecule has 7 nitrogen and oxygen atoms in total. The van der Waals surface area contributed by atoms with Crippen molar-refractivity contribution < 1.29 is 18.4 Å². The number of hydrogen-bond donors (Lipinski definition) is 3. The maximum absolute atomic E-state index is 13.5. The Bertz CT molecular complexity index is 1370. The predicted molar refractivity (Wildman–Crippen MR) is 138 cm³/mol. The zero-order chi connectivity index (χ0) is 24.7. The van der Waals surface area contributed by atoms with Crippen LogP contribution in [0.1, 0.15) is 32.1 Å². The number of hydrogen-bond acceptors (Lipinski definition) is 4. The highest BCUT2D eigenvalue weighted by Gasteiger charge is 2.24. The van der Waals surface area contributed by atoms with Crippen molar-refractivity contribution in [2.24, 2.45) is 0 Å². The Labute approximate surface area is 205 Å². The first kappa shape index (κ1) is 24.5. The molecular weight excluding hydrogens is 462 g/mol. The molecule has 0 aliphatic carbocycles. The average Bonchev–Trinajstić information content (AvgIpc) is 3.36. The minimum absolute atomic E-state index is 0.248. The number of amides is 1. The molecule has 3 aromatic carbocycles. The van der Waals surface area contributed by atoms with Crippen molar-refractivity contribution in [1.29, 1.82) is 0 Å². The molecule has 0 atom stereocenters. The molecule has 0 saturated carbocycles. The highest BCUT2D eigenvalue weighted by atomic mass is 32.2. The fourth-order valence-electron chi connectivity index (χ4n) is 4.11. The number of aromatic amines is 1. The van der Waals surface area contributed by atoms with E-state index in [4.69, 9.17) is 5.21 Å². The van der Waals surface area contributed by atoms with Crippen molar-refractivity contribution in [2.75, 3.05) is 10.8 Å². The second-order valence-corrected chi connectivity index (χ2v) is 10.3. The predicted octanol–water partition coefficient (Wildman–Crippen LogP) is 5.49. The normalized spacial score (nSPS) is 11.5. The van der Waals surface area contributed by atoms with E-state index in [1.165, 1.54) is 4.31 Å². The topological polar surface area (TPSA) is 103 Å². The van der Waals surface area contributed by atoms with Gasteiger partial charge in [0.2, 0.25) is 5.91 Å². The lowest BCUT2D eigenvalue weighted by Crippen LogP contribution is -2.32. The van der Waals surface area contributed by atoms with E-state index in [0.717, 1.165) is 34.9 Å². The molecule has 0 fully saturated rings. The Kier molecular flexibility index (Phi) is 7.84. The minimum Gasteiger partial charge on any atom is -0.361 e. The zero-order valence-electron chi connectivity index (χ0n) is 19.4. The number of anilines is 1. The number of fused-ring (bicyclic) bond motifs is 1. The van der Waals surface area contributed by atoms with E-state index in [-0.39, 0.29) is 11.3 Å². The van der Waals surface area contributed by atoms with Crippen LogP contribution >= 0.6 is 0 Å². The van der Waals surface area contributed by atoms with Crippen molar-refractivity contribution >= 4 is 32.5 Å². The van der Waals surface area contributed by atoms with Crippen LogP contribution in [0.5, 0.6) is 0 Å². The number of benzene rings is 3. The summed E-state index contributed by atoms with van der Waals surface area (Å²) in [5.41, 5.74) is 5.35. The quantitative estimate of drug-likeness (QED) is 0.147. The van der Waals surface area contributed by atoms with E-state index in [9.17, 15) is 13.2 Å². The van der Waals surface area contributed by atoms with Crippen LogP contribution in [0.4, 0.5) is 5.69 Å². The van der Waals surface area contributed by atoms with Gasteiger partial charge >= 0.3 is 0 Å². The highest BCUT2D eigenvalue weighted by Crippen LogP contribution is 2.29.